The SMILES string of the molecule is COc1ccsc1C(=O)Nc1cc(C)cc(C#CCO)c1. The van der Waals surface area contributed by atoms with E-state index in [-0.39, 0.29) is 12.5 Å². The molecule has 0 aliphatic heterocycles. The number of methoxy groups -OCH3 is 1. The second-order valence-corrected chi connectivity index (χ2v) is 5.24. The number of benzene rings is 1. The smallest absolute Gasteiger partial charge is 0.269 e. The van der Waals surface area contributed by atoms with E-state index >= 15 is 0 Å². The average Bonchev–Trinajstić information content (AvgIpc) is 2.93. The molecule has 1 aromatic carbocycles. The molecule has 0 saturated heterocycles. The minimum atomic E-state index is -0.214. The second-order valence-electron chi connectivity index (χ2n) is 4.32. The molecular weight excluding hydrogens is 286 g/mol. The molecule has 0 spiro atoms. The van der Waals surface area contributed by atoms with Crippen molar-refractivity contribution in [1.82, 2.24) is 0 Å². The maximum absolute atomic E-state index is 12.2. The van der Waals surface area contributed by atoms with E-state index < -0.39 is 0 Å². The highest BCUT2D eigenvalue weighted by molar-refractivity contribution is 7.12. The van der Waals surface area contributed by atoms with Gasteiger partial charge in [-0.15, -0.1) is 11.3 Å². The van der Waals surface area contributed by atoms with Crippen molar-refractivity contribution in [2.24, 2.45) is 0 Å². The van der Waals surface area contributed by atoms with Gasteiger partial charge >= 0.3 is 0 Å². The van der Waals surface area contributed by atoms with Crippen LogP contribution in [0.1, 0.15) is 20.8 Å². The van der Waals surface area contributed by atoms with Gasteiger partial charge in [0, 0.05) is 11.3 Å². The first-order valence-electron chi connectivity index (χ1n) is 6.28. The van der Waals surface area contributed by atoms with Crippen LogP contribution in [0.3, 0.4) is 0 Å². The molecule has 2 rings (SSSR count). The Hall–Kier alpha value is -2.29. The third-order valence-corrected chi connectivity index (χ3v) is 3.60. The topological polar surface area (TPSA) is 58.6 Å². The number of ether oxygens (including phenoxy) is 1. The Balaban J connectivity index is 2.23. The number of hydrogen-bond donors (Lipinski definition) is 2. The fourth-order valence-corrected chi connectivity index (χ4v) is 2.63. The van der Waals surface area contributed by atoms with E-state index in [9.17, 15) is 4.79 Å². The second kappa shape index (κ2) is 6.93. The largest absolute Gasteiger partial charge is 0.495 e. The van der Waals surface area contributed by atoms with Crippen molar-refractivity contribution in [1.29, 1.82) is 0 Å². The van der Waals surface area contributed by atoms with Gasteiger partial charge in [0.15, 0.2) is 0 Å². The first-order chi connectivity index (χ1) is 10.1. The zero-order valence-electron chi connectivity index (χ0n) is 11.8. The Morgan fingerprint density at radius 3 is 2.95 bits per heavy atom. The molecule has 21 heavy (non-hydrogen) atoms. The lowest BCUT2D eigenvalue weighted by molar-refractivity contribution is 0.102. The first kappa shape index (κ1) is 15.1. The zero-order chi connectivity index (χ0) is 15.2. The summed E-state index contributed by atoms with van der Waals surface area (Å²) in [6.07, 6.45) is 0. The van der Waals surface area contributed by atoms with Gasteiger partial charge in [0.05, 0.1) is 7.11 Å². The average molecular weight is 301 g/mol. The molecule has 0 bridgehead atoms. The molecule has 2 N–H and O–H groups in total. The number of thiophene rings is 1. The maximum atomic E-state index is 12.2. The molecule has 4 nitrogen and oxygen atoms in total. The summed E-state index contributed by atoms with van der Waals surface area (Å²) in [4.78, 5) is 12.8. The Morgan fingerprint density at radius 2 is 2.24 bits per heavy atom. The highest BCUT2D eigenvalue weighted by atomic mass is 32.1. The predicted octanol–water partition coefficient (Wildman–Crippen LogP) is 2.66. The number of nitrogens with one attached hydrogen (secondary N) is 1. The molecule has 0 aliphatic rings. The van der Waals surface area contributed by atoms with Crippen LogP contribution in [-0.4, -0.2) is 24.7 Å². The van der Waals surface area contributed by atoms with Crippen LogP contribution >= 0.6 is 11.3 Å². The Morgan fingerprint density at radius 1 is 1.43 bits per heavy atom. The molecule has 1 heterocycles. The molecule has 0 saturated carbocycles. The highest BCUT2D eigenvalue weighted by Crippen LogP contribution is 2.25. The molecule has 5 heteroatoms. The van der Waals surface area contributed by atoms with Gasteiger partial charge in [-0.1, -0.05) is 11.8 Å². The number of rotatable bonds is 3. The van der Waals surface area contributed by atoms with Crippen LogP contribution in [0.5, 0.6) is 5.75 Å². The number of amides is 1. The Labute approximate surface area is 127 Å². The highest BCUT2D eigenvalue weighted by Gasteiger charge is 2.14. The van der Waals surface area contributed by atoms with Gasteiger partial charge in [0.1, 0.15) is 17.2 Å². The van der Waals surface area contributed by atoms with E-state index in [1.165, 1.54) is 18.4 Å². The Kier molecular flexibility index (Phi) is 4.99. The van der Waals surface area contributed by atoms with E-state index in [0.29, 0.717) is 16.3 Å². The number of hydrogen-bond acceptors (Lipinski definition) is 4. The number of aryl methyl sites for hydroxylation is 1. The summed E-state index contributed by atoms with van der Waals surface area (Å²) >= 11 is 1.33. The van der Waals surface area contributed by atoms with Gasteiger partial charge < -0.3 is 15.2 Å². The van der Waals surface area contributed by atoms with Gasteiger partial charge in [-0.3, -0.25) is 4.79 Å². The lowest BCUT2D eigenvalue weighted by Gasteiger charge is -2.07. The summed E-state index contributed by atoms with van der Waals surface area (Å²) in [5, 5.41) is 13.4. The van der Waals surface area contributed by atoms with Crippen LogP contribution in [0, 0.1) is 18.8 Å². The normalized spacial score (nSPS) is 9.67. The molecule has 1 aromatic heterocycles. The van der Waals surface area contributed by atoms with E-state index in [1.807, 2.05) is 24.4 Å². The zero-order valence-corrected chi connectivity index (χ0v) is 12.6. The van der Waals surface area contributed by atoms with Crippen molar-refractivity contribution in [3.63, 3.8) is 0 Å². The summed E-state index contributed by atoms with van der Waals surface area (Å²) < 4.78 is 5.14. The number of aliphatic hydroxyl groups is 1. The lowest BCUT2D eigenvalue weighted by Crippen LogP contribution is -2.11. The van der Waals surface area contributed by atoms with Crippen molar-refractivity contribution in [3.05, 3.63) is 45.6 Å². The number of anilines is 1. The summed E-state index contributed by atoms with van der Waals surface area (Å²) in [5.74, 6) is 5.77. The van der Waals surface area contributed by atoms with Gasteiger partial charge in [-0.2, -0.15) is 0 Å². The molecule has 0 radical (unpaired) electrons. The molecule has 1 amide bonds. The van der Waals surface area contributed by atoms with Gasteiger partial charge in [0.2, 0.25) is 0 Å². The lowest BCUT2D eigenvalue weighted by atomic mass is 10.1. The van der Waals surface area contributed by atoms with E-state index in [1.54, 1.807) is 12.1 Å². The molecule has 2 aromatic rings. The molecule has 108 valence electrons. The predicted molar refractivity (Wildman–Crippen MR) is 84.0 cm³/mol. The van der Waals surface area contributed by atoms with Crippen LogP contribution in [0.15, 0.2) is 29.6 Å². The maximum Gasteiger partial charge on any atom is 0.269 e. The van der Waals surface area contributed by atoms with E-state index in [2.05, 4.69) is 17.2 Å². The summed E-state index contributed by atoms with van der Waals surface area (Å²) in [7, 11) is 1.54. The van der Waals surface area contributed by atoms with Gasteiger partial charge in [-0.05, 0) is 42.1 Å². The van der Waals surface area contributed by atoms with Gasteiger partial charge in [0.25, 0.3) is 5.91 Å². The van der Waals surface area contributed by atoms with E-state index in [0.717, 1.165) is 11.1 Å². The molecule has 0 aliphatic carbocycles. The van der Waals surface area contributed by atoms with Crippen LogP contribution < -0.4 is 10.1 Å². The monoisotopic (exact) mass is 301 g/mol. The fraction of sp³-hybridized carbons (Fsp3) is 0.188. The minimum Gasteiger partial charge on any atom is -0.495 e. The number of carbonyl (C=O) groups is 1. The van der Waals surface area contributed by atoms with E-state index in [4.69, 9.17) is 9.84 Å². The van der Waals surface area contributed by atoms with Crippen molar-refractivity contribution in [2.75, 3.05) is 19.0 Å². The summed E-state index contributed by atoms with van der Waals surface area (Å²) in [5.41, 5.74) is 2.39. The standard InChI is InChI=1S/C16H15NO3S/c1-11-8-12(4-3-6-18)10-13(9-11)17-16(19)15-14(20-2)5-7-21-15/h5,7-10,18H,6H2,1-2H3,(H,17,19). The third kappa shape index (κ3) is 3.85. The molecular formula is C16H15NO3S. The minimum absolute atomic E-state index is 0.192. The summed E-state index contributed by atoms with van der Waals surface area (Å²) in [6, 6.07) is 7.29. The third-order valence-electron chi connectivity index (χ3n) is 2.70. The van der Waals surface area contributed by atoms with Crippen LogP contribution in [0.4, 0.5) is 5.69 Å². The quantitative estimate of drug-likeness (QED) is 0.857. The van der Waals surface area contributed by atoms with Crippen molar-refractivity contribution in [3.8, 4) is 17.6 Å². The van der Waals surface area contributed by atoms with Crippen molar-refractivity contribution < 1.29 is 14.6 Å². The van der Waals surface area contributed by atoms with Gasteiger partial charge in [-0.25, -0.2) is 0 Å². The first-order valence-corrected chi connectivity index (χ1v) is 7.16. The number of carbonyl (C=O) groups excluding carboxylic acids is 1. The van der Waals surface area contributed by atoms with Crippen LogP contribution in [0.2, 0.25) is 0 Å². The van der Waals surface area contributed by atoms with Crippen molar-refractivity contribution in [2.45, 2.75) is 6.92 Å². The molecule has 0 unspecified atom stereocenters. The summed E-state index contributed by atoms with van der Waals surface area (Å²) in [6.45, 7) is 1.73. The molecule has 0 atom stereocenters. The molecule has 0 fully saturated rings. The Bertz CT molecular complexity index is 710. The van der Waals surface area contributed by atoms with Crippen LogP contribution in [-0.2, 0) is 0 Å². The number of aliphatic hydroxyl groups excluding tert-OH is 1. The van der Waals surface area contributed by atoms with Crippen molar-refractivity contribution >= 4 is 22.9 Å². The van der Waals surface area contributed by atoms with Crippen LogP contribution in [0.25, 0.3) is 0 Å². The fourth-order valence-electron chi connectivity index (χ4n) is 1.88.